The molecule has 0 saturated carbocycles. The van der Waals surface area contributed by atoms with Crippen molar-refractivity contribution in [2.45, 2.75) is 5.92 Å². The molecule has 1 aliphatic heterocycles. The number of carbonyl (C=O) groups is 2. The zero-order valence-electron chi connectivity index (χ0n) is 9.95. The van der Waals surface area contributed by atoms with Gasteiger partial charge in [0.2, 0.25) is 0 Å². The average molecular weight is 243 g/mol. The molecule has 2 rings (SSSR count). The number of hydrogen-bond donors (Lipinski definition) is 0. The molecule has 1 atom stereocenters. The van der Waals surface area contributed by atoms with Crippen LogP contribution in [-0.4, -0.2) is 24.4 Å². The molecule has 0 aromatic heterocycles. The molecule has 0 saturated heterocycles. The van der Waals surface area contributed by atoms with Crippen molar-refractivity contribution in [1.29, 1.82) is 0 Å². The topological polar surface area (TPSA) is 46.6 Å². The van der Waals surface area contributed by atoms with E-state index in [4.69, 9.17) is 0 Å². The molecular weight excluding hydrogens is 230 g/mol. The predicted molar refractivity (Wildman–Crippen MR) is 66.7 cm³/mol. The Morgan fingerprint density at radius 2 is 2.06 bits per heavy atom. The molecule has 1 aromatic rings. The highest BCUT2D eigenvalue weighted by molar-refractivity contribution is 5.80. The molecule has 0 fully saturated rings. The van der Waals surface area contributed by atoms with Crippen LogP contribution in [0.5, 0.6) is 0 Å². The van der Waals surface area contributed by atoms with Gasteiger partial charge in [-0.2, -0.15) is 0 Å². The Morgan fingerprint density at radius 3 is 2.67 bits per heavy atom. The van der Waals surface area contributed by atoms with Crippen molar-refractivity contribution < 1.29 is 14.3 Å². The molecule has 0 unspecified atom stereocenters. The first-order chi connectivity index (χ1) is 8.76. The number of methoxy groups -OCH3 is 1. The van der Waals surface area contributed by atoms with E-state index in [2.05, 4.69) is 4.74 Å². The summed E-state index contributed by atoms with van der Waals surface area (Å²) in [4.78, 5) is 23.7. The third-order valence-electron chi connectivity index (χ3n) is 2.77. The molecule has 0 N–H and O–H groups in total. The monoisotopic (exact) mass is 243 g/mol. The second-order valence-electron chi connectivity index (χ2n) is 3.85. The number of nitrogens with zero attached hydrogens (tertiary/aromatic N) is 1. The van der Waals surface area contributed by atoms with Gasteiger partial charge in [-0.1, -0.05) is 36.4 Å². The van der Waals surface area contributed by atoms with Crippen LogP contribution < -0.4 is 0 Å². The van der Waals surface area contributed by atoms with Gasteiger partial charge in [-0.15, -0.1) is 0 Å². The standard InChI is InChI=1S/C14H13NO3/c1-18-14(17)15-8-7-13(12(9-15)10-16)11-5-3-2-4-6-11/h2-10,13H,1H3/t13-/m1/s1. The highest BCUT2D eigenvalue weighted by Gasteiger charge is 2.21. The lowest BCUT2D eigenvalue weighted by Crippen LogP contribution is -2.24. The molecule has 4 heteroatoms. The quantitative estimate of drug-likeness (QED) is 0.749. The van der Waals surface area contributed by atoms with Gasteiger partial charge in [-0.05, 0) is 5.56 Å². The van der Waals surface area contributed by atoms with E-state index in [0.717, 1.165) is 11.8 Å². The Labute approximate surface area is 105 Å². The van der Waals surface area contributed by atoms with Crippen LogP contribution in [0.3, 0.4) is 0 Å². The summed E-state index contributed by atoms with van der Waals surface area (Å²) in [6.45, 7) is 0. The Hall–Kier alpha value is -2.36. The number of aldehydes is 1. The van der Waals surface area contributed by atoms with Crippen LogP contribution in [0.15, 0.2) is 54.4 Å². The van der Waals surface area contributed by atoms with Crippen LogP contribution in [-0.2, 0) is 9.53 Å². The summed E-state index contributed by atoms with van der Waals surface area (Å²) in [6, 6.07) is 9.64. The molecule has 0 aliphatic carbocycles. The van der Waals surface area contributed by atoms with E-state index in [0.29, 0.717) is 5.57 Å². The van der Waals surface area contributed by atoms with Crippen LogP contribution in [0.4, 0.5) is 4.79 Å². The Morgan fingerprint density at radius 1 is 1.33 bits per heavy atom. The minimum Gasteiger partial charge on any atom is -0.452 e. The third-order valence-corrected chi connectivity index (χ3v) is 2.77. The lowest BCUT2D eigenvalue weighted by atomic mass is 9.91. The van der Waals surface area contributed by atoms with Crippen LogP contribution >= 0.6 is 0 Å². The van der Waals surface area contributed by atoms with E-state index in [-0.39, 0.29) is 5.92 Å². The smallest absolute Gasteiger partial charge is 0.417 e. The maximum absolute atomic E-state index is 11.4. The first-order valence-corrected chi connectivity index (χ1v) is 5.52. The van der Waals surface area contributed by atoms with Gasteiger partial charge >= 0.3 is 6.09 Å². The van der Waals surface area contributed by atoms with E-state index < -0.39 is 6.09 Å². The summed E-state index contributed by atoms with van der Waals surface area (Å²) in [5.74, 6) is -0.121. The molecule has 0 bridgehead atoms. The van der Waals surface area contributed by atoms with Crippen molar-refractivity contribution in [3.8, 4) is 0 Å². The van der Waals surface area contributed by atoms with Crippen molar-refractivity contribution in [3.63, 3.8) is 0 Å². The van der Waals surface area contributed by atoms with Crippen LogP contribution in [0, 0.1) is 0 Å². The van der Waals surface area contributed by atoms with Crippen LogP contribution in [0.2, 0.25) is 0 Å². The van der Waals surface area contributed by atoms with Gasteiger partial charge in [0.25, 0.3) is 0 Å². The summed E-state index contributed by atoms with van der Waals surface area (Å²) >= 11 is 0. The van der Waals surface area contributed by atoms with E-state index in [1.54, 1.807) is 12.3 Å². The van der Waals surface area contributed by atoms with Crippen LogP contribution in [0.1, 0.15) is 11.5 Å². The number of benzene rings is 1. The van der Waals surface area contributed by atoms with Crippen LogP contribution in [0.25, 0.3) is 0 Å². The molecule has 1 aliphatic rings. The molecular formula is C14H13NO3. The Bertz CT molecular complexity index is 505. The fourth-order valence-electron chi connectivity index (χ4n) is 1.86. The number of amides is 1. The van der Waals surface area contributed by atoms with Crippen molar-refractivity contribution >= 4 is 12.4 Å². The second kappa shape index (κ2) is 5.31. The third kappa shape index (κ3) is 2.32. The van der Waals surface area contributed by atoms with Crippen molar-refractivity contribution in [1.82, 2.24) is 4.90 Å². The minimum absolute atomic E-state index is 0.121. The number of hydrogen-bond acceptors (Lipinski definition) is 3. The Balaban J connectivity index is 2.29. The van der Waals surface area contributed by atoms with E-state index in [9.17, 15) is 9.59 Å². The molecule has 0 spiro atoms. The minimum atomic E-state index is -0.517. The lowest BCUT2D eigenvalue weighted by Gasteiger charge is -2.22. The molecule has 1 amide bonds. The number of rotatable bonds is 2. The highest BCUT2D eigenvalue weighted by Crippen LogP contribution is 2.28. The molecule has 92 valence electrons. The van der Waals surface area contributed by atoms with Gasteiger partial charge in [0, 0.05) is 23.9 Å². The molecule has 1 heterocycles. The highest BCUT2D eigenvalue weighted by atomic mass is 16.5. The number of ether oxygens (including phenoxy) is 1. The SMILES string of the molecule is COC(=O)N1C=C[C@H](c2ccccc2)C(C=O)=C1. The maximum atomic E-state index is 11.4. The fraction of sp³-hybridized carbons (Fsp3) is 0.143. The van der Waals surface area contributed by atoms with E-state index in [1.807, 2.05) is 30.3 Å². The normalized spacial score (nSPS) is 18.2. The molecule has 18 heavy (non-hydrogen) atoms. The first kappa shape index (κ1) is 12.1. The summed E-state index contributed by atoms with van der Waals surface area (Å²) in [7, 11) is 1.30. The molecule has 1 aromatic carbocycles. The molecule has 4 nitrogen and oxygen atoms in total. The largest absolute Gasteiger partial charge is 0.452 e. The maximum Gasteiger partial charge on any atom is 0.417 e. The van der Waals surface area contributed by atoms with Gasteiger partial charge in [0.05, 0.1) is 7.11 Å². The lowest BCUT2D eigenvalue weighted by molar-refractivity contribution is -0.105. The first-order valence-electron chi connectivity index (χ1n) is 5.52. The zero-order chi connectivity index (χ0) is 13.0. The summed E-state index contributed by atoms with van der Waals surface area (Å²) in [6.07, 6.45) is 5.15. The van der Waals surface area contributed by atoms with Crippen molar-refractivity contribution in [2.24, 2.45) is 0 Å². The summed E-state index contributed by atoms with van der Waals surface area (Å²) in [5.41, 5.74) is 1.53. The number of carbonyl (C=O) groups excluding carboxylic acids is 2. The van der Waals surface area contributed by atoms with E-state index in [1.165, 1.54) is 18.2 Å². The summed E-state index contributed by atoms with van der Waals surface area (Å²) in [5, 5.41) is 0. The van der Waals surface area contributed by atoms with Gasteiger partial charge < -0.3 is 4.74 Å². The summed E-state index contributed by atoms with van der Waals surface area (Å²) < 4.78 is 4.60. The molecule has 0 radical (unpaired) electrons. The number of allylic oxidation sites excluding steroid dienone is 2. The average Bonchev–Trinajstić information content (AvgIpc) is 2.46. The van der Waals surface area contributed by atoms with Gasteiger partial charge in [-0.25, -0.2) is 4.79 Å². The van der Waals surface area contributed by atoms with Gasteiger partial charge in [0.1, 0.15) is 6.29 Å². The predicted octanol–water partition coefficient (Wildman–Crippen LogP) is 2.45. The van der Waals surface area contributed by atoms with Crippen molar-refractivity contribution in [2.75, 3.05) is 7.11 Å². The Kier molecular flexibility index (Phi) is 3.57. The fourth-order valence-corrected chi connectivity index (χ4v) is 1.86. The zero-order valence-corrected chi connectivity index (χ0v) is 9.95. The van der Waals surface area contributed by atoms with E-state index >= 15 is 0 Å². The second-order valence-corrected chi connectivity index (χ2v) is 3.85. The van der Waals surface area contributed by atoms with Gasteiger partial charge in [-0.3, -0.25) is 9.69 Å². The van der Waals surface area contributed by atoms with Gasteiger partial charge in [0.15, 0.2) is 0 Å². The van der Waals surface area contributed by atoms with Crippen molar-refractivity contribution in [3.05, 3.63) is 59.9 Å².